The molecule has 0 saturated carbocycles. The maximum atomic E-state index is 6.31. The second-order valence-electron chi connectivity index (χ2n) is 4.04. The van der Waals surface area contributed by atoms with Crippen LogP contribution in [0.1, 0.15) is 11.1 Å². The smallest absolute Gasteiger partial charge is 0.0487 e. The summed E-state index contributed by atoms with van der Waals surface area (Å²) in [6, 6.07) is 10.2. The van der Waals surface area contributed by atoms with Crippen LogP contribution in [0.25, 0.3) is 11.1 Å². The monoisotopic (exact) mass is 372 g/mol. The zero-order chi connectivity index (χ0) is 12.6. The fourth-order valence-electron chi connectivity index (χ4n) is 1.89. The molecule has 0 aliphatic rings. The van der Waals surface area contributed by atoms with Gasteiger partial charge in [0.05, 0.1) is 0 Å². The lowest BCUT2D eigenvalue weighted by Gasteiger charge is -2.13. The highest BCUT2D eigenvalue weighted by atomic mass is 79.9. The number of hydrogen-bond donors (Lipinski definition) is 0. The highest BCUT2D eigenvalue weighted by Crippen LogP contribution is 2.41. The van der Waals surface area contributed by atoms with E-state index in [2.05, 4.69) is 63.9 Å². The topological polar surface area (TPSA) is 0 Å². The van der Waals surface area contributed by atoms with E-state index in [1.807, 2.05) is 12.1 Å². The Kier molecular flexibility index (Phi) is 3.96. The molecule has 0 unspecified atom stereocenters. The third-order valence-corrected chi connectivity index (χ3v) is 4.22. The highest BCUT2D eigenvalue weighted by molar-refractivity contribution is 9.11. The Morgan fingerprint density at radius 3 is 2.06 bits per heavy atom. The van der Waals surface area contributed by atoms with E-state index in [0.717, 1.165) is 25.1 Å². The zero-order valence-corrected chi connectivity index (χ0v) is 13.4. The van der Waals surface area contributed by atoms with Crippen LogP contribution in [0, 0.1) is 13.8 Å². The Labute approximate surface area is 123 Å². The summed E-state index contributed by atoms with van der Waals surface area (Å²) < 4.78 is 2.11. The van der Waals surface area contributed by atoms with Crippen LogP contribution in [-0.2, 0) is 0 Å². The van der Waals surface area contributed by atoms with Gasteiger partial charge in [0.2, 0.25) is 0 Å². The van der Waals surface area contributed by atoms with Gasteiger partial charge in [-0.05, 0) is 43.2 Å². The van der Waals surface area contributed by atoms with E-state index in [9.17, 15) is 0 Å². The molecule has 0 nitrogen and oxygen atoms in total. The third kappa shape index (κ3) is 2.59. The zero-order valence-electron chi connectivity index (χ0n) is 9.52. The van der Waals surface area contributed by atoms with Crippen LogP contribution >= 0.6 is 43.5 Å². The van der Waals surface area contributed by atoms with Gasteiger partial charge in [0.15, 0.2) is 0 Å². The summed E-state index contributed by atoms with van der Waals surface area (Å²) in [5.74, 6) is 0. The molecule has 88 valence electrons. The molecular formula is C14H11Br2Cl. The maximum absolute atomic E-state index is 6.31. The largest absolute Gasteiger partial charge is 0.0837 e. The molecule has 0 N–H and O–H groups in total. The molecule has 0 radical (unpaired) electrons. The summed E-state index contributed by atoms with van der Waals surface area (Å²) in [6.45, 7) is 4.14. The van der Waals surface area contributed by atoms with Gasteiger partial charge in [0.25, 0.3) is 0 Å². The highest BCUT2D eigenvalue weighted by Gasteiger charge is 2.13. The van der Waals surface area contributed by atoms with Crippen LogP contribution in [0.2, 0.25) is 5.02 Å². The Balaban J connectivity index is 2.77. The van der Waals surface area contributed by atoms with Crippen molar-refractivity contribution in [2.24, 2.45) is 0 Å². The quantitative estimate of drug-likeness (QED) is 0.562. The summed E-state index contributed by atoms with van der Waals surface area (Å²) >= 11 is 13.5. The number of rotatable bonds is 1. The minimum atomic E-state index is 0.773. The predicted molar refractivity (Wildman–Crippen MR) is 81.8 cm³/mol. The maximum Gasteiger partial charge on any atom is 0.0487 e. The van der Waals surface area contributed by atoms with Crippen LogP contribution < -0.4 is 0 Å². The number of halogens is 3. The molecule has 0 amide bonds. The molecule has 0 atom stereocenters. The molecule has 0 saturated heterocycles. The van der Waals surface area contributed by atoms with Gasteiger partial charge in [0.1, 0.15) is 0 Å². The molecule has 0 heterocycles. The van der Waals surface area contributed by atoms with Crippen molar-refractivity contribution < 1.29 is 0 Å². The lowest BCUT2D eigenvalue weighted by Crippen LogP contribution is -1.89. The van der Waals surface area contributed by atoms with E-state index in [-0.39, 0.29) is 0 Å². The van der Waals surface area contributed by atoms with Crippen LogP contribution in [0.5, 0.6) is 0 Å². The molecule has 2 aromatic carbocycles. The van der Waals surface area contributed by atoms with Crippen LogP contribution in [-0.4, -0.2) is 0 Å². The molecule has 0 aromatic heterocycles. The average Bonchev–Trinajstić information content (AvgIpc) is 2.21. The molecule has 0 aliphatic heterocycles. The van der Waals surface area contributed by atoms with Gasteiger partial charge in [-0.15, -0.1) is 0 Å². The lowest BCUT2D eigenvalue weighted by atomic mass is 9.99. The summed E-state index contributed by atoms with van der Waals surface area (Å²) in [5, 5.41) is 0.773. The van der Waals surface area contributed by atoms with Crippen LogP contribution in [0.15, 0.2) is 39.3 Å². The SMILES string of the molecule is Cc1cc(Br)c(-c2c(C)cccc2Cl)c(Br)c1. The fourth-order valence-corrected chi connectivity index (χ4v) is 4.02. The summed E-state index contributed by atoms with van der Waals surface area (Å²) in [6.07, 6.45) is 0. The molecule has 0 fully saturated rings. The van der Waals surface area contributed by atoms with Gasteiger partial charge in [-0.2, -0.15) is 0 Å². The van der Waals surface area contributed by atoms with Crippen molar-refractivity contribution in [3.05, 3.63) is 55.4 Å². The van der Waals surface area contributed by atoms with E-state index in [1.54, 1.807) is 0 Å². The molecule has 0 aliphatic carbocycles. The summed E-state index contributed by atoms with van der Waals surface area (Å²) in [4.78, 5) is 0. The van der Waals surface area contributed by atoms with Gasteiger partial charge < -0.3 is 0 Å². The fraction of sp³-hybridized carbons (Fsp3) is 0.143. The number of hydrogen-bond acceptors (Lipinski definition) is 0. The molecule has 3 heteroatoms. The molecule has 0 bridgehead atoms. The van der Waals surface area contributed by atoms with Gasteiger partial charge in [0, 0.05) is 25.1 Å². The van der Waals surface area contributed by atoms with Crippen molar-refractivity contribution in [1.82, 2.24) is 0 Å². The Morgan fingerprint density at radius 1 is 0.941 bits per heavy atom. The number of benzene rings is 2. The van der Waals surface area contributed by atoms with Crippen molar-refractivity contribution >= 4 is 43.5 Å². The Hall–Kier alpha value is -0.310. The third-order valence-electron chi connectivity index (χ3n) is 2.66. The van der Waals surface area contributed by atoms with Crippen molar-refractivity contribution in [3.63, 3.8) is 0 Å². The molecule has 0 spiro atoms. The first-order chi connectivity index (χ1) is 8.00. The van der Waals surface area contributed by atoms with Crippen molar-refractivity contribution in [1.29, 1.82) is 0 Å². The van der Waals surface area contributed by atoms with E-state index >= 15 is 0 Å². The second-order valence-corrected chi connectivity index (χ2v) is 6.15. The van der Waals surface area contributed by atoms with Crippen molar-refractivity contribution in [2.45, 2.75) is 13.8 Å². The van der Waals surface area contributed by atoms with E-state index in [4.69, 9.17) is 11.6 Å². The predicted octanol–water partition coefficient (Wildman–Crippen LogP) is 6.15. The minimum absolute atomic E-state index is 0.773. The van der Waals surface area contributed by atoms with Gasteiger partial charge >= 0.3 is 0 Å². The Bertz CT molecular complexity index is 533. The van der Waals surface area contributed by atoms with Gasteiger partial charge in [-0.25, -0.2) is 0 Å². The normalized spacial score (nSPS) is 10.6. The van der Waals surface area contributed by atoms with Crippen molar-refractivity contribution in [2.75, 3.05) is 0 Å². The van der Waals surface area contributed by atoms with Gasteiger partial charge in [-0.3, -0.25) is 0 Å². The lowest BCUT2D eigenvalue weighted by molar-refractivity contribution is 1.39. The van der Waals surface area contributed by atoms with Crippen LogP contribution in [0.3, 0.4) is 0 Å². The minimum Gasteiger partial charge on any atom is -0.0837 e. The standard InChI is InChI=1S/C14H11Br2Cl/c1-8-6-10(15)14(11(16)7-8)13-9(2)4-3-5-12(13)17/h3-7H,1-2H3. The van der Waals surface area contributed by atoms with Crippen molar-refractivity contribution in [3.8, 4) is 11.1 Å². The first kappa shape index (κ1) is 13.1. The van der Waals surface area contributed by atoms with E-state index in [1.165, 1.54) is 11.1 Å². The molecule has 17 heavy (non-hydrogen) atoms. The first-order valence-corrected chi connectivity index (χ1v) is 7.18. The molecule has 2 rings (SSSR count). The first-order valence-electron chi connectivity index (χ1n) is 5.22. The number of aryl methyl sites for hydroxylation is 2. The summed E-state index contributed by atoms with van der Waals surface area (Å²) in [5.41, 5.74) is 4.56. The average molecular weight is 375 g/mol. The van der Waals surface area contributed by atoms with Crippen LogP contribution in [0.4, 0.5) is 0 Å². The van der Waals surface area contributed by atoms with Gasteiger partial charge in [-0.1, -0.05) is 55.6 Å². The van der Waals surface area contributed by atoms with E-state index in [0.29, 0.717) is 0 Å². The van der Waals surface area contributed by atoms with E-state index < -0.39 is 0 Å². The second kappa shape index (κ2) is 5.13. The molecular weight excluding hydrogens is 363 g/mol. The Morgan fingerprint density at radius 2 is 1.53 bits per heavy atom. The summed E-state index contributed by atoms with van der Waals surface area (Å²) in [7, 11) is 0. The molecule has 2 aromatic rings.